The molecule has 4 rings (SSSR count). The van der Waals surface area contributed by atoms with E-state index in [1.54, 1.807) is 0 Å². The molecule has 1 aromatic carbocycles. The number of piperidine rings is 1. The molecule has 2 saturated heterocycles. The average Bonchev–Trinajstić information content (AvgIpc) is 3.16. The monoisotopic (exact) mass is 303 g/mol. The number of hydrogen-bond donors (Lipinski definition) is 0. The van der Waals surface area contributed by atoms with Gasteiger partial charge in [0, 0.05) is 43.8 Å². The molecule has 1 atom stereocenters. The summed E-state index contributed by atoms with van der Waals surface area (Å²) < 4.78 is 17.1. The average molecular weight is 303 g/mol. The van der Waals surface area contributed by atoms with E-state index in [0.717, 1.165) is 24.2 Å². The summed E-state index contributed by atoms with van der Waals surface area (Å²) >= 11 is 0. The van der Waals surface area contributed by atoms with Crippen molar-refractivity contribution in [3.63, 3.8) is 0 Å². The normalized spacial score (nSPS) is 26.0. The molecule has 2 fully saturated rings. The number of likely N-dealkylation sites (tertiary alicyclic amines) is 1. The lowest BCUT2D eigenvalue weighted by Gasteiger charge is -2.37. The van der Waals surface area contributed by atoms with Gasteiger partial charge in [-0.2, -0.15) is 0 Å². The minimum Gasteiger partial charge on any atom is -0.493 e. The van der Waals surface area contributed by atoms with Gasteiger partial charge in [0.05, 0.1) is 19.8 Å². The fraction of sp³-hybridized carbons (Fsp3) is 0.588. The molecule has 22 heavy (non-hydrogen) atoms. The van der Waals surface area contributed by atoms with Gasteiger partial charge in [-0.25, -0.2) is 0 Å². The van der Waals surface area contributed by atoms with E-state index in [1.807, 2.05) is 23.1 Å². The zero-order chi connectivity index (χ0) is 15.0. The summed E-state index contributed by atoms with van der Waals surface area (Å²) in [5.74, 6) is 0.891. The minimum atomic E-state index is -0.417. The maximum atomic E-state index is 12.6. The van der Waals surface area contributed by atoms with E-state index in [2.05, 4.69) is 6.07 Å². The molecule has 5 nitrogen and oxygen atoms in total. The molecule has 1 spiro atoms. The van der Waals surface area contributed by atoms with Crippen LogP contribution in [0.1, 0.15) is 30.7 Å². The Labute approximate surface area is 130 Å². The Bertz CT molecular complexity index is 558. The molecule has 0 saturated carbocycles. The predicted octanol–water partition coefficient (Wildman–Crippen LogP) is 1.92. The standard InChI is InChI=1S/C17H21NO4/c19-16(11-13-12-20-15-4-2-1-3-14(13)15)18-7-5-17(6-8-18)21-9-10-22-17/h1-4,13H,5-12H2. The van der Waals surface area contributed by atoms with E-state index in [9.17, 15) is 4.79 Å². The summed E-state index contributed by atoms with van der Waals surface area (Å²) in [6, 6.07) is 8.00. The van der Waals surface area contributed by atoms with Crippen LogP contribution in [0.5, 0.6) is 5.75 Å². The van der Waals surface area contributed by atoms with Crippen molar-refractivity contribution in [3.05, 3.63) is 29.8 Å². The van der Waals surface area contributed by atoms with Gasteiger partial charge in [0.25, 0.3) is 0 Å². The lowest BCUT2D eigenvalue weighted by molar-refractivity contribution is -0.187. The van der Waals surface area contributed by atoms with Crippen molar-refractivity contribution < 1.29 is 19.0 Å². The molecule has 1 unspecified atom stereocenters. The van der Waals surface area contributed by atoms with Crippen molar-refractivity contribution >= 4 is 5.91 Å². The summed E-state index contributed by atoms with van der Waals surface area (Å²) in [5, 5.41) is 0. The molecule has 5 heteroatoms. The third kappa shape index (κ3) is 2.48. The van der Waals surface area contributed by atoms with E-state index in [1.165, 1.54) is 0 Å². The molecule has 0 aromatic heterocycles. The number of amides is 1. The van der Waals surface area contributed by atoms with Gasteiger partial charge in [-0.05, 0) is 6.07 Å². The summed E-state index contributed by atoms with van der Waals surface area (Å²) in [6.45, 7) is 3.38. The number of nitrogens with zero attached hydrogens (tertiary/aromatic N) is 1. The van der Waals surface area contributed by atoms with E-state index in [0.29, 0.717) is 39.3 Å². The highest BCUT2D eigenvalue weighted by Crippen LogP contribution is 2.37. The van der Waals surface area contributed by atoms with E-state index < -0.39 is 5.79 Å². The number of fused-ring (bicyclic) bond motifs is 1. The van der Waals surface area contributed by atoms with Gasteiger partial charge in [-0.3, -0.25) is 4.79 Å². The molecular formula is C17H21NO4. The third-order valence-electron chi connectivity index (χ3n) is 4.91. The van der Waals surface area contributed by atoms with Crippen LogP contribution < -0.4 is 4.74 Å². The van der Waals surface area contributed by atoms with E-state index in [4.69, 9.17) is 14.2 Å². The maximum Gasteiger partial charge on any atom is 0.223 e. The van der Waals surface area contributed by atoms with Crippen LogP contribution in [0.4, 0.5) is 0 Å². The lowest BCUT2D eigenvalue weighted by Crippen LogP contribution is -2.47. The Morgan fingerprint density at radius 1 is 1.18 bits per heavy atom. The van der Waals surface area contributed by atoms with Gasteiger partial charge in [0.2, 0.25) is 5.91 Å². The van der Waals surface area contributed by atoms with Crippen molar-refractivity contribution in [1.29, 1.82) is 0 Å². The molecule has 3 aliphatic heterocycles. The summed E-state index contributed by atoms with van der Waals surface area (Å²) in [6.07, 6.45) is 2.07. The van der Waals surface area contributed by atoms with E-state index >= 15 is 0 Å². The van der Waals surface area contributed by atoms with Crippen LogP contribution in [0, 0.1) is 0 Å². The number of carbonyl (C=O) groups excluding carboxylic acids is 1. The van der Waals surface area contributed by atoms with Gasteiger partial charge in [0.15, 0.2) is 5.79 Å². The first-order valence-electron chi connectivity index (χ1n) is 8.03. The van der Waals surface area contributed by atoms with E-state index in [-0.39, 0.29) is 11.8 Å². The van der Waals surface area contributed by atoms with Crippen LogP contribution in [0.2, 0.25) is 0 Å². The fourth-order valence-electron chi connectivity index (χ4n) is 3.62. The molecular weight excluding hydrogens is 282 g/mol. The van der Waals surface area contributed by atoms with Gasteiger partial charge < -0.3 is 19.1 Å². The highest BCUT2D eigenvalue weighted by Gasteiger charge is 2.41. The molecule has 3 heterocycles. The first-order valence-corrected chi connectivity index (χ1v) is 8.03. The smallest absolute Gasteiger partial charge is 0.223 e. The largest absolute Gasteiger partial charge is 0.493 e. The summed E-state index contributed by atoms with van der Waals surface area (Å²) in [7, 11) is 0. The Balaban J connectivity index is 1.36. The Morgan fingerprint density at radius 2 is 1.91 bits per heavy atom. The number of hydrogen-bond acceptors (Lipinski definition) is 4. The molecule has 0 aliphatic carbocycles. The second kappa shape index (κ2) is 5.56. The molecule has 3 aliphatic rings. The molecule has 0 radical (unpaired) electrons. The second-order valence-corrected chi connectivity index (χ2v) is 6.24. The Morgan fingerprint density at radius 3 is 2.68 bits per heavy atom. The van der Waals surface area contributed by atoms with Crippen LogP contribution in [0.25, 0.3) is 0 Å². The first kappa shape index (κ1) is 14.0. The van der Waals surface area contributed by atoms with Gasteiger partial charge >= 0.3 is 0 Å². The van der Waals surface area contributed by atoms with Crippen molar-refractivity contribution in [2.24, 2.45) is 0 Å². The van der Waals surface area contributed by atoms with Crippen molar-refractivity contribution in [2.75, 3.05) is 32.9 Å². The lowest BCUT2D eigenvalue weighted by atomic mass is 9.96. The summed E-state index contributed by atoms with van der Waals surface area (Å²) in [4.78, 5) is 14.5. The molecule has 1 amide bonds. The van der Waals surface area contributed by atoms with Gasteiger partial charge in [-0.15, -0.1) is 0 Å². The number of benzene rings is 1. The number of rotatable bonds is 2. The second-order valence-electron chi connectivity index (χ2n) is 6.24. The molecule has 0 bridgehead atoms. The van der Waals surface area contributed by atoms with Crippen LogP contribution in [0.15, 0.2) is 24.3 Å². The maximum absolute atomic E-state index is 12.6. The van der Waals surface area contributed by atoms with Crippen LogP contribution >= 0.6 is 0 Å². The Hall–Kier alpha value is -1.59. The Kier molecular flexibility index (Phi) is 3.54. The highest BCUT2D eigenvalue weighted by molar-refractivity contribution is 5.77. The fourth-order valence-corrected chi connectivity index (χ4v) is 3.62. The van der Waals surface area contributed by atoms with Crippen molar-refractivity contribution in [3.8, 4) is 5.75 Å². The molecule has 0 N–H and O–H groups in total. The zero-order valence-corrected chi connectivity index (χ0v) is 12.6. The van der Waals surface area contributed by atoms with Crippen LogP contribution in [-0.2, 0) is 14.3 Å². The number of ether oxygens (including phenoxy) is 3. The predicted molar refractivity (Wildman–Crippen MR) is 79.7 cm³/mol. The molecule has 118 valence electrons. The van der Waals surface area contributed by atoms with Crippen molar-refractivity contribution in [2.45, 2.75) is 31.0 Å². The molecule has 1 aromatic rings. The summed E-state index contributed by atoms with van der Waals surface area (Å²) in [5.41, 5.74) is 1.16. The van der Waals surface area contributed by atoms with Gasteiger partial charge in [0.1, 0.15) is 5.75 Å². The quantitative estimate of drug-likeness (QED) is 0.837. The third-order valence-corrected chi connectivity index (χ3v) is 4.91. The topological polar surface area (TPSA) is 48.0 Å². The first-order chi connectivity index (χ1) is 10.8. The van der Waals surface area contributed by atoms with Crippen LogP contribution in [0.3, 0.4) is 0 Å². The SMILES string of the molecule is O=C(CC1COc2ccccc21)N1CCC2(CC1)OCCO2. The highest BCUT2D eigenvalue weighted by atomic mass is 16.7. The zero-order valence-electron chi connectivity index (χ0n) is 12.6. The van der Waals surface area contributed by atoms with Crippen LogP contribution in [-0.4, -0.2) is 49.5 Å². The van der Waals surface area contributed by atoms with Crippen molar-refractivity contribution in [1.82, 2.24) is 4.90 Å². The number of carbonyl (C=O) groups is 1. The van der Waals surface area contributed by atoms with Gasteiger partial charge in [-0.1, -0.05) is 18.2 Å². The minimum absolute atomic E-state index is 0.179. The number of para-hydroxylation sites is 1.